The maximum absolute atomic E-state index is 14.4. The molecule has 1 aromatic carbocycles. The molecule has 1 aromatic rings. The van der Waals surface area contributed by atoms with E-state index in [1.165, 1.54) is 6.07 Å². The minimum absolute atomic E-state index is 0.105. The molecule has 2 rings (SSSR count). The molecule has 0 spiro atoms. The quantitative estimate of drug-likeness (QED) is 0.780. The highest BCUT2D eigenvalue weighted by atomic mass is 32.2. The Morgan fingerprint density at radius 3 is 2.26 bits per heavy atom. The maximum Gasteiger partial charge on any atom is 0.502 e. The van der Waals surface area contributed by atoms with Gasteiger partial charge in [-0.3, -0.25) is 4.90 Å². The van der Waals surface area contributed by atoms with Crippen molar-refractivity contribution in [1.29, 1.82) is 0 Å². The molecule has 0 N–H and O–H groups in total. The van der Waals surface area contributed by atoms with Crippen LogP contribution in [0.15, 0.2) is 23.1 Å². The zero-order valence-electron chi connectivity index (χ0n) is 12.6. The smallest absolute Gasteiger partial charge is 0.367 e. The largest absolute Gasteiger partial charge is 0.502 e. The summed E-state index contributed by atoms with van der Waals surface area (Å²) in [5.41, 5.74) is -5.63. The summed E-state index contributed by atoms with van der Waals surface area (Å²) >= 11 is 0. The van der Waals surface area contributed by atoms with Gasteiger partial charge in [0, 0.05) is 26.2 Å². The van der Waals surface area contributed by atoms with Crippen molar-refractivity contribution < 1.29 is 26.0 Å². The van der Waals surface area contributed by atoms with Gasteiger partial charge in [0.1, 0.15) is 4.90 Å². The van der Waals surface area contributed by atoms with Gasteiger partial charge in [-0.1, -0.05) is 13.0 Å². The lowest BCUT2D eigenvalue weighted by Gasteiger charge is -2.36. The van der Waals surface area contributed by atoms with E-state index in [2.05, 4.69) is 4.90 Å². The van der Waals surface area contributed by atoms with Crippen LogP contribution in [0.5, 0.6) is 0 Å². The second kappa shape index (κ2) is 6.64. The van der Waals surface area contributed by atoms with Crippen LogP contribution in [0.3, 0.4) is 0 Å². The summed E-state index contributed by atoms with van der Waals surface area (Å²) in [4.78, 5) is 2.43. The lowest BCUT2D eigenvalue weighted by atomic mass is 10.2. The summed E-state index contributed by atoms with van der Waals surface area (Å²) in [5, 5.41) is 0. The Morgan fingerprint density at radius 2 is 1.74 bits per heavy atom. The number of alkyl halides is 3. The molecule has 1 saturated heterocycles. The van der Waals surface area contributed by atoms with E-state index in [4.69, 9.17) is 0 Å². The Kier molecular flexibility index (Phi) is 5.20. The van der Waals surface area contributed by atoms with Crippen molar-refractivity contribution >= 4 is 15.5 Å². The Balaban J connectivity index is 2.28. The van der Waals surface area contributed by atoms with E-state index in [1.807, 2.05) is 6.92 Å². The Hall–Kier alpha value is -1.35. The molecule has 0 atom stereocenters. The van der Waals surface area contributed by atoms with Crippen molar-refractivity contribution in [3.63, 3.8) is 0 Å². The first-order valence-electron chi connectivity index (χ1n) is 7.25. The van der Waals surface area contributed by atoms with Crippen LogP contribution in [0, 0.1) is 5.82 Å². The van der Waals surface area contributed by atoms with Gasteiger partial charge in [-0.2, -0.15) is 13.2 Å². The summed E-state index contributed by atoms with van der Waals surface area (Å²) in [6.45, 7) is 5.13. The second-order valence-electron chi connectivity index (χ2n) is 5.37. The molecular weight excluding hydrogens is 336 g/mol. The molecule has 23 heavy (non-hydrogen) atoms. The number of nitrogens with zero attached hydrogens (tertiary/aromatic N) is 2. The fourth-order valence-corrected chi connectivity index (χ4v) is 3.45. The zero-order valence-corrected chi connectivity index (χ0v) is 13.4. The molecule has 9 heteroatoms. The number of rotatable bonds is 4. The van der Waals surface area contributed by atoms with Gasteiger partial charge >= 0.3 is 5.51 Å². The van der Waals surface area contributed by atoms with Crippen molar-refractivity contribution in [1.82, 2.24) is 4.90 Å². The van der Waals surface area contributed by atoms with E-state index >= 15 is 0 Å². The third-order valence-corrected chi connectivity index (χ3v) is 5.29. The number of halogens is 4. The lowest BCUT2D eigenvalue weighted by molar-refractivity contribution is -0.0437. The molecular formula is C14H18F4N2O2S. The fourth-order valence-electron chi connectivity index (χ4n) is 2.60. The van der Waals surface area contributed by atoms with Crippen LogP contribution in [0.4, 0.5) is 23.2 Å². The predicted octanol–water partition coefficient (Wildman–Crippen LogP) is 2.65. The van der Waals surface area contributed by atoms with Crippen LogP contribution >= 0.6 is 0 Å². The fraction of sp³-hybridized carbons (Fsp3) is 0.571. The first kappa shape index (κ1) is 18.0. The van der Waals surface area contributed by atoms with E-state index in [0.29, 0.717) is 32.2 Å². The minimum Gasteiger partial charge on any atom is -0.367 e. The normalized spacial score (nSPS) is 17.5. The summed E-state index contributed by atoms with van der Waals surface area (Å²) < 4.78 is 75.2. The van der Waals surface area contributed by atoms with E-state index in [1.54, 1.807) is 4.90 Å². The number of piperazine rings is 1. The number of anilines is 1. The highest BCUT2D eigenvalue weighted by molar-refractivity contribution is 7.92. The molecule has 0 aliphatic carbocycles. The van der Waals surface area contributed by atoms with Crippen LogP contribution in [0.2, 0.25) is 0 Å². The SMILES string of the molecule is CCCN1CCN(c2cccc(S(=O)(=O)C(F)(F)F)c2F)CC1. The average molecular weight is 354 g/mol. The third-order valence-electron chi connectivity index (χ3n) is 3.79. The maximum atomic E-state index is 14.4. The molecule has 0 aromatic heterocycles. The van der Waals surface area contributed by atoms with Gasteiger partial charge in [-0.05, 0) is 25.1 Å². The lowest BCUT2D eigenvalue weighted by Crippen LogP contribution is -2.46. The van der Waals surface area contributed by atoms with Gasteiger partial charge in [-0.15, -0.1) is 0 Å². The summed E-state index contributed by atoms with van der Waals surface area (Å²) in [6, 6.07) is 3.09. The molecule has 0 bridgehead atoms. The molecule has 1 fully saturated rings. The summed E-state index contributed by atoms with van der Waals surface area (Å²) in [6.07, 6.45) is 0.980. The molecule has 130 valence electrons. The molecule has 0 saturated carbocycles. The van der Waals surface area contributed by atoms with Gasteiger partial charge in [0.2, 0.25) is 0 Å². The standard InChI is InChI=1S/C14H18F4N2O2S/c1-2-6-19-7-9-20(10-8-19)11-4-3-5-12(13(11)15)23(21,22)14(16,17)18/h3-5H,2,6-10H2,1H3. The predicted molar refractivity (Wildman–Crippen MR) is 78.6 cm³/mol. The van der Waals surface area contributed by atoms with E-state index in [-0.39, 0.29) is 5.69 Å². The Labute approximate surface area is 132 Å². The minimum atomic E-state index is -5.70. The Bertz CT molecular complexity index is 653. The van der Waals surface area contributed by atoms with E-state index in [0.717, 1.165) is 19.0 Å². The summed E-state index contributed by atoms with van der Waals surface area (Å²) in [7, 11) is -5.70. The molecule has 4 nitrogen and oxygen atoms in total. The molecule has 0 unspecified atom stereocenters. The van der Waals surface area contributed by atoms with Crippen molar-refractivity contribution in [3.8, 4) is 0 Å². The Morgan fingerprint density at radius 1 is 1.13 bits per heavy atom. The van der Waals surface area contributed by atoms with Crippen molar-refractivity contribution in [2.75, 3.05) is 37.6 Å². The van der Waals surface area contributed by atoms with E-state index < -0.39 is 26.1 Å². The van der Waals surface area contributed by atoms with Crippen molar-refractivity contribution in [3.05, 3.63) is 24.0 Å². The summed E-state index contributed by atoms with van der Waals surface area (Å²) in [5.74, 6) is -1.34. The monoisotopic (exact) mass is 354 g/mol. The number of sulfone groups is 1. The molecule has 1 aliphatic rings. The van der Waals surface area contributed by atoms with Gasteiger partial charge in [0.05, 0.1) is 5.69 Å². The molecule has 1 aliphatic heterocycles. The van der Waals surface area contributed by atoms with Gasteiger partial charge in [0.25, 0.3) is 9.84 Å². The molecule has 1 heterocycles. The van der Waals surface area contributed by atoms with Crippen LogP contribution < -0.4 is 4.90 Å². The number of benzene rings is 1. The van der Waals surface area contributed by atoms with Crippen molar-refractivity contribution in [2.45, 2.75) is 23.7 Å². The first-order chi connectivity index (χ1) is 10.7. The third kappa shape index (κ3) is 3.60. The van der Waals surface area contributed by atoms with Gasteiger partial charge in [0.15, 0.2) is 5.82 Å². The highest BCUT2D eigenvalue weighted by Crippen LogP contribution is 2.34. The van der Waals surface area contributed by atoms with Crippen molar-refractivity contribution in [2.24, 2.45) is 0 Å². The zero-order chi connectivity index (χ0) is 17.3. The van der Waals surface area contributed by atoms with Crippen LogP contribution in [-0.2, 0) is 9.84 Å². The van der Waals surface area contributed by atoms with E-state index in [9.17, 15) is 26.0 Å². The second-order valence-corrected chi connectivity index (χ2v) is 7.28. The molecule has 0 radical (unpaired) electrons. The topological polar surface area (TPSA) is 40.6 Å². The molecule has 0 amide bonds. The average Bonchev–Trinajstić information content (AvgIpc) is 2.47. The van der Waals surface area contributed by atoms with Gasteiger partial charge < -0.3 is 4.90 Å². The van der Waals surface area contributed by atoms with Gasteiger partial charge in [-0.25, -0.2) is 12.8 Å². The van der Waals surface area contributed by atoms with Crippen LogP contribution in [-0.4, -0.2) is 51.5 Å². The number of hydrogen-bond acceptors (Lipinski definition) is 4. The number of hydrogen-bond donors (Lipinski definition) is 0. The highest BCUT2D eigenvalue weighted by Gasteiger charge is 2.48. The van der Waals surface area contributed by atoms with Crippen LogP contribution in [0.1, 0.15) is 13.3 Å². The van der Waals surface area contributed by atoms with Crippen LogP contribution in [0.25, 0.3) is 0 Å². The first-order valence-corrected chi connectivity index (χ1v) is 8.74.